The molecule has 0 bridgehead atoms. The van der Waals surface area contributed by atoms with E-state index in [0.29, 0.717) is 30.0 Å². The predicted molar refractivity (Wildman–Crippen MR) is 108 cm³/mol. The first kappa shape index (κ1) is 19.5. The molecule has 1 aliphatic rings. The van der Waals surface area contributed by atoms with Crippen LogP contribution >= 0.6 is 0 Å². The second-order valence-corrected chi connectivity index (χ2v) is 9.08. The summed E-state index contributed by atoms with van der Waals surface area (Å²) < 4.78 is 28.6. The highest BCUT2D eigenvalue weighted by atomic mass is 32.2. The average Bonchev–Trinajstić information content (AvgIpc) is 3.08. The Labute approximate surface area is 169 Å². The molecule has 0 aliphatic carbocycles. The number of carbonyl (C=O) groups excluding carboxylic acids is 1. The minimum absolute atomic E-state index is 0.263. The smallest absolute Gasteiger partial charge is 0.257 e. The van der Waals surface area contributed by atoms with Gasteiger partial charge in [0.2, 0.25) is 10.0 Å². The third-order valence-corrected chi connectivity index (χ3v) is 7.04. The lowest BCUT2D eigenvalue weighted by molar-refractivity contribution is 0.0951. The second kappa shape index (κ2) is 7.92. The molecule has 4 rings (SSSR count). The van der Waals surface area contributed by atoms with Crippen molar-refractivity contribution in [3.63, 3.8) is 0 Å². The first-order chi connectivity index (χ1) is 14.0. The van der Waals surface area contributed by atoms with E-state index in [-0.39, 0.29) is 17.3 Å². The van der Waals surface area contributed by atoms with E-state index in [1.165, 1.54) is 0 Å². The van der Waals surface area contributed by atoms with Crippen LogP contribution in [0.2, 0.25) is 0 Å². The number of piperidine rings is 1. The van der Waals surface area contributed by atoms with Crippen molar-refractivity contribution in [3.05, 3.63) is 59.5 Å². The minimum Gasteiger partial charge on any atom is -0.348 e. The Morgan fingerprint density at radius 2 is 1.86 bits per heavy atom. The first-order valence-electron chi connectivity index (χ1n) is 9.64. The lowest BCUT2D eigenvalue weighted by Gasteiger charge is -2.25. The fourth-order valence-corrected chi connectivity index (χ4v) is 5.08. The van der Waals surface area contributed by atoms with E-state index < -0.39 is 10.0 Å². The number of aromatic nitrogens is 3. The van der Waals surface area contributed by atoms with Gasteiger partial charge in [0.15, 0.2) is 5.65 Å². The largest absolute Gasteiger partial charge is 0.348 e. The zero-order valence-electron chi connectivity index (χ0n) is 16.2. The fourth-order valence-electron chi connectivity index (χ4n) is 3.57. The first-order valence-corrected chi connectivity index (χ1v) is 11.1. The minimum atomic E-state index is -3.45. The molecule has 0 atom stereocenters. The number of amides is 1. The highest BCUT2D eigenvalue weighted by Gasteiger charge is 2.25. The molecule has 152 valence electrons. The monoisotopic (exact) mass is 413 g/mol. The molecule has 1 N–H and O–H groups in total. The summed E-state index contributed by atoms with van der Waals surface area (Å²) in [7, 11) is -3.45. The third-order valence-electron chi connectivity index (χ3n) is 5.13. The van der Waals surface area contributed by atoms with Crippen molar-refractivity contribution in [3.8, 4) is 0 Å². The molecular formula is C20H23N5O3S. The van der Waals surface area contributed by atoms with Crippen molar-refractivity contribution in [2.75, 3.05) is 13.1 Å². The van der Waals surface area contributed by atoms with E-state index >= 15 is 0 Å². The van der Waals surface area contributed by atoms with Crippen molar-refractivity contribution in [1.29, 1.82) is 0 Å². The maximum absolute atomic E-state index is 12.7. The number of rotatable bonds is 5. The zero-order valence-corrected chi connectivity index (χ0v) is 17.0. The molecule has 2 aromatic heterocycles. The van der Waals surface area contributed by atoms with Crippen LogP contribution in [-0.4, -0.2) is 46.3 Å². The van der Waals surface area contributed by atoms with Gasteiger partial charge in [-0.2, -0.15) is 9.40 Å². The van der Waals surface area contributed by atoms with E-state index in [2.05, 4.69) is 15.4 Å². The van der Waals surface area contributed by atoms with Crippen LogP contribution < -0.4 is 5.32 Å². The molecule has 0 saturated carbocycles. The van der Waals surface area contributed by atoms with Gasteiger partial charge in [0, 0.05) is 32.0 Å². The van der Waals surface area contributed by atoms with Gasteiger partial charge < -0.3 is 5.32 Å². The number of nitrogens with one attached hydrogen (secondary N) is 1. The van der Waals surface area contributed by atoms with Crippen LogP contribution in [0.25, 0.3) is 5.65 Å². The van der Waals surface area contributed by atoms with Gasteiger partial charge in [0.05, 0.1) is 10.6 Å². The van der Waals surface area contributed by atoms with E-state index in [0.717, 1.165) is 24.8 Å². The van der Waals surface area contributed by atoms with Gasteiger partial charge in [-0.25, -0.2) is 17.9 Å². The number of carbonyl (C=O) groups is 1. The topological polar surface area (TPSA) is 96.7 Å². The van der Waals surface area contributed by atoms with Crippen LogP contribution in [0.5, 0.6) is 0 Å². The molecule has 8 nitrogen and oxygen atoms in total. The van der Waals surface area contributed by atoms with Gasteiger partial charge in [-0.05, 0) is 43.5 Å². The number of sulfonamides is 1. The molecule has 1 amide bonds. The number of benzene rings is 1. The summed E-state index contributed by atoms with van der Waals surface area (Å²) in [5.74, 6) is -0.263. The number of nitrogens with zero attached hydrogens (tertiary/aromatic N) is 4. The van der Waals surface area contributed by atoms with Crippen LogP contribution in [0.1, 0.15) is 40.9 Å². The summed E-state index contributed by atoms with van der Waals surface area (Å²) in [5, 5.41) is 7.16. The normalized spacial score (nSPS) is 15.5. The standard InChI is InChI=1S/C20H23N5O3S/c1-15-18(19-21-10-5-13-25(19)23-15)20(26)22-14-16-6-8-17(9-7-16)29(27,28)24-11-3-2-4-12-24/h5-10,13H,2-4,11-12,14H2,1H3,(H,22,26). The molecule has 9 heteroatoms. The lowest BCUT2D eigenvalue weighted by atomic mass is 10.2. The van der Waals surface area contributed by atoms with Crippen molar-refractivity contribution in [1.82, 2.24) is 24.2 Å². The number of fused-ring (bicyclic) bond motifs is 1. The number of hydrogen-bond donors (Lipinski definition) is 1. The zero-order chi connectivity index (χ0) is 20.4. The lowest BCUT2D eigenvalue weighted by Crippen LogP contribution is -2.35. The summed E-state index contributed by atoms with van der Waals surface area (Å²) in [4.78, 5) is 17.2. The predicted octanol–water partition coefficient (Wildman–Crippen LogP) is 2.14. The molecule has 1 aliphatic heterocycles. The van der Waals surface area contributed by atoms with Gasteiger partial charge in [0.1, 0.15) is 5.56 Å². The summed E-state index contributed by atoms with van der Waals surface area (Å²) in [6.45, 7) is 3.21. The Morgan fingerprint density at radius 1 is 1.14 bits per heavy atom. The maximum Gasteiger partial charge on any atom is 0.257 e. The molecule has 1 aromatic carbocycles. The van der Waals surface area contributed by atoms with Gasteiger partial charge in [-0.1, -0.05) is 18.6 Å². The summed E-state index contributed by atoms with van der Waals surface area (Å²) in [5.41, 5.74) is 2.36. The third kappa shape index (κ3) is 3.88. The quantitative estimate of drug-likeness (QED) is 0.691. The van der Waals surface area contributed by atoms with Crippen molar-refractivity contribution >= 4 is 21.6 Å². The van der Waals surface area contributed by atoms with E-state index in [1.807, 2.05) is 0 Å². The number of hydrogen-bond acceptors (Lipinski definition) is 5. The van der Waals surface area contributed by atoms with Gasteiger partial charge in [-0.3, -0.25) is 4.79 Å². The van der Waals surface area contributed by atoms with Crippen LogP contribution in [0, 0.1) is 6.92 Å². The number of aryl methyl sites for hydroxylation is 1. The summed E-state index contributed by atoms with van der Waals surface area (Å²) >= 11 is 0. The van der Waals surface area contributed by atoms with Crippen LogP contribution in [0.15, 0.2) is 47.6 Å². The Bertz CT molecular complexity index is 1130. The molecule has 1 fully saturated rings. The fraction of sp³-hybridized carbons (Fsp3) is 0.350. The van der Waals surface area contributed by atoms with E-state index in [1.54, 1.807) is 58.5 Å². The average molecular weight is 414 g/mol. The Morgan fingerprint density at radius 3 is 2.59 bits per heavy atom. The van der Waals surface area contributed by atoms with Crippen LogP contribution in [-0.2, 0) is 16.6 Å². The Balaban J connectivity index is 1.45. The molecule has 3 heterocycles. The Kier molecular flexibility index (Phi) is 5.33. The van der Waals surface area contributed by atoms with Crippen LogP contribution in [0.4, 0.5) is 0 Å². The van der Waals surface area contributed by atoms with Crippen molar-refractivity contribution in [2.24, 2.45) is 0 Å². The van der Waals surface area contributed by atoms with Gasteiger partial charge in [-0.15, -0.1) is 0 Å². The SMILES string of the molecule is Cc1nn2cccnc2c1C(=O)NCc1ccc(S(=O)(=O)N2CCCCC2)cc1. The molecule has 1 saturated heterocycles. The second-order valence-electron chi connectivity index (χ2n) is 7.14. The molecule has 29 heavy (non-hydrogen) atoms. The molecular weight excluding hydrogens is 390 g/mol. The van der Waals surface area contributed by atoms with Gasteiger partial charge in [0.25, 0.3) is 5.91 Å². The van der Waals surface area contributed by atoms with E-state index in [4.69, 9.17) is 0 Å². The Hall–Kier alpha value is -2.78. The van der Waals surface area contributed by atoms with Crippen LogP contribution in [0.3, 0.4) is 0 Å². The molecule has 3 aromatic rings. The van der Waals surface area contributed by atoms with E-state index in [9.17, 15) is 13.2 Å². The molecule has 0 radical (unpaired) electrons. The van der Waals surface area contributed by atoms with Crippen molar-refractivity contribution < 1.29 is 13.2 Å². The summed E-state index contributed by atoms with van der Waals surface area (Å²) in [6.07, 6.45) is 6.25. The highest BCUT2D eigenvalue weighted by Crippen LogP contribution is 2.21. The van der Waals surface area contributed by atoms with Crippen molar-refractivity contribution in [2.45, 2.75) is 37.6 Å². The summed E-state index contributed by atoms with van der Waals surface area (Å²) in [6, 6.07) is 8.43. The van der Waals surface area contributed by atoms with Gasteiger partial charge >= 0.3 is 0 Å². The highest BCUT2D eigenvalue weighted by molar-refractivity contribution is 7.89. The maximum atomic E-state index is 12.7. The molecule has 0 spiro atoms. The molecule has 0 unspecified atom stereocenters.